The van der Waals surface area contributed by atoms with Crippen molar-refractivity contribution >= 4 is 17.7 Å². The lowest BCUT2D eigenvalue weighted by Crippen LogP contribution is -2.52. The second-order valence-electron chi connectivity index (χ2n) is 6.58. The first kappa shape index (κ1) is 19.9. The molecule has 2 aliphatic rings. The third-order valence-electron chi connectivity index (χ3n) is 4.67. The number of hydrogen-bond donors (Lipinski definition) is 2. The first-order valence-corrected chi connectivity index (χ1v) is 8.71. The number of carbonyl (C=O) groups is 3. The molecular formula is C19H17F3N2O4. The number of amides is 3. The number of hydrogen-bond acceptors (Lipinski definition) is 4. The molecule has 0 aromatic heterocycles. The molecule has 1 atom stereocenters. The quantitative estimate of drug-likeness (QED) is 0.463. The zero-order valence-corrected chi connectivity index (χ0v) is 14.7. The van der Waals surface area contributed by atoms with Gasteiger partial charge in [0.05, 0.1) is 5.56 Å². The van der Waals surface area contributed by atoms with Gasteiger partial charge in [0, 0.05) is 37.1 Å². The fourth-order valence-electron chi connectivity index (χ4n) is 3.26. The van der Waals surface area contributed by atoms with E-state index in [2.05, 4.69) is 17.2 Å². The maximum absolute atomic E-state index is 13.3. The molecule has 1 aromatic rings. The molecule has 3 amide bonds. The minimum atomic E-state index is -4.65. The highest BCUT2D eigenvalue weighted by atomic mass is 19.4. The smallest absolute Gasteiger partial charge is 0.396 e. The van der Waals surface area contributed by atoms with E-state index in [0.717, 1.165) is 12.1 Å². The molecular weight excluding hydrogens is 377 g/mol. The van der Waals surface area contributed by atoms with Crippen molar-refractivity contribution in [1.82, 2.24) is 10.2 Å². The number of nitrogens with one attached hydrogen (secondary N) is 1. The van der Waals surface area contributed by atoms with E-state index in [1.165, 1.54) is 4.90 Å². The Morgan fingerprint density at radius 1 is 1.25 bits per heavy atom. The lowest BCUT2D eigenvalue weighted by atomic mass is 9.99. The van der Waals surface area contributed by atoms with Gasteiger partial charge in [0.25, 0.3) is 5.91 Å². The van der Waals surface area contributed by atoms with Gasteiger partial charge in [-0.15, -0.1) is 0 Å². The molecule has 3 rings (SSSR count). The maximum Gasteiger partial charge on any atom is 0.416 e. The van der Waals surface area contributed by atoms with Crippen LogP contribution in [0.1, 0.15) is 52.7 Å². The van der Waals surface area contributed by atoms with Gasteiger partial charge in [-0.1, -0.05) is 11.8 Å². The van der Waals surface area contributed by atoms with Crippen molar-refractivity contribution in [2.75, 3.05) is 6.61 Å². The topological polar surface area (TPSA) is 86.7 Å². The van der Waals surface area contributed by atoms with Crippen LogP contribution in [0, 0.1) is 11.8 Å². The number of nitrogens with zero attached hydrogens (tertiary/aromatic N) is 1. The Morgan fingerprint density at radius 2 is 2.00 bits per heavy atom. The summed E-state index contributed by atoms with van der Waals surface area (Å²) < 4.78 is 39.8. The van der Waals surface area contributed by atoms with Gasteiger partial charge in [0.1, 0.15) is 6.04 Å². The normalized spacial score (nSPS) is 19.2. The van der Waals surface area contributed by atoms with Crippen molar-refractivity contribution < 1.29 is 32.7 Å². The van der Waals surface area contributed by atoms with Gasteiger partial charge in [0.15, 0.2) is 0 Å². The predicted molar refractivity (Wildman–Crippen MR) is 90.7 cm³/mol. The Hall–Kier alpha value is -2.86. The molecule has 1 unspecified atom stereocenters. The summed E-state index contributed by atoms with van der Waals surface area (Å²) in [5.41, 5.74) is -0.715. The van der Waals surface area contributed by atoms with Gasteiger partial charge in [-0.25, -0.2) is 0 Å². The Labute approximate surface area is 158 Å². The van der Waals surface area contributed by atoms with Gasteiger partial charge in [-0.05, 0) is 30.5 Å². The van der Waals surface area contributed by atoms with E-state index in [4.69, 9.17) is 5.11 Å². The zero-order chi connectivity index (χ0) is 20.5. The average molecular weight is 394 g/mol. The highest BCUT2D eigenvalue weighted by molar-refractivity contribution is 6.05. The summed E-state index contributed by atoms with van der Waals surface area (Å²) in [6.45, 7) is -0.139. The Balaban J connectivity index is 1.98. The van der Waals surface area contributed by atoms with E-state index in [-0.39, 0.29) is 37.1 Å². The number of unbranched alkanes of at least 4 members (excludes halogenated alkanes) is 1. The van der Waals surface area contributed by atoms with E-state index in [1.807, 2.05) is 0 Å². The Kier molecular flexibility index (Phi) is 5.42. The van der Waals surface area contributed by atoms with E-state index in [1.54, 1.807) is 0 Å². The molecule has 2 aliphatic heterocycles. The molecule has 0 radical (unpaired) electrons. The summed E-state index contributed by atoms with van der Waals surface area (Å²) >= 11 is 0. The van der Waals surface area contributed by atoms with Crippen molar-refractivity contribution in [2.45, 2.75) is 44.4 Å². The highest BCUT2D eigenvalue weighted by Gasteiger charge is 2.41. The van der Waals surface area contributed by atoms with Crippen LogP contribution in [0.15, 0.2) is 12.1 Å². The first-order valence-electron chi connectivity index (χ1n) is 8.71. The number of halogens is 3. The van der Waals surface area contributed by atoms with E-state index < -0.39 is 35.5 Å². The molecule has 0 spiro atoms. The van der Waals surface area contributed by atoms with Gasteiger partial charge in [0.2, 0.25) is 11.8 Å². The number of rotatable bonds is 3. The van der Waals surface area contributed by atoms with Crippen LogP contribution < -0.4 is 5.32 Å². The van der Waals surface area contributed by atoms with Crippen molar-refractivity contribution in [3.8, 4) is 11.8 Å². The molecule has 1 saturated heterocycles. The number of fused-ring (bicyclic) bond motifs is 1. The third kappa shape index (κ3) is 3.87. The van der Waals surface area contributed by atoms with E-state index >= 15 is 0 Å². The summed E-state index contributed by atoms with van der Waals surface area (Å²) in [5.74, 6) is 3.60. The first-order chi connectivity index (χ1) is 13.2. The molecule has 0 aliphatic carbocycles. The molecule has 9 heteroatoms. The fourth-order valence-corrected chi connectivity index (χ4v) is 3.26. The molecule has 0 bridgehead atoms. The molecule has 2 heterocycles. The second-order valence-corrected chi connectivity index (χ2v) is 6.58. The van der Waals surface area contributed by atoms with E-state index in [0.29, 0.717) is 18.4 Å². The highest BCUT2D eigenvalue weighted by Crippen LogP contribution is 2.36. The van der Waals surface area contributed by atoms with Gasteiger partial charge in [-0.2, -0.15) is 13.2 Å². The van der Waals surface area contributed by atoms with Crippen molar-refractivity contribution in [3.63, 3.8) is 0 Å². The number of carbonyl (C=O) groups excluding carboxylic acids is 3. The number of aliphatic hydroxyl groups is 1. The average Bonchev–Trinajstić information content (AvgIpc) is 2.95. The Morgan fingerprint density at radius 3 is 2.64 bits per heavy atom. The fraction of sp³-hybridized carbons (Fsp3) is 0.421. The summed E-state index contributed by atoms with van der Waals surface area (Å²) in [4.78, 5) is 37.3. The number of piperidine rings is 1. The van der Waals surface area contributed by atoms with Crippen LogP contribution in [0.4, 0.5) is 13.2 Å². The molecule has 28 heavy (non-hydrogen) atoms. The van der Waals surface area contributed by atoms with Crippen molar-refractivity contribution in [3.05, 3.63) is 34.4 Å². The second kappa shape index (κ2) is 7.64. The minimum Gasteiger partial charge on any atom is -0.396 e. The van der Waals surface area contributed by atoms with Crippen LogP contribution in [0.3, 0.4) is 0 Å². The molecule has 1 aromatic carbocycles. The molecule has 2 N–H and O–H groups in total. The molecule has 0 saturated carbocycles. The lowest BCUT2D eigenvalue weighted by Gasteiger charge is -2.29. The summed E-state index contributed by atoms with van der Waals surface area (Å²) in [6.07, 6.45) is -3.80. The largest absolute Gasteiger partial charge is 0.416 e. The van der Waals surface area contributed by atoms with Crippen molar-refractivity contribution in [2.24, 2.45) is 0 Å². The maximum atomic E-state index is 13.3. The van der Waals surface area contributed by atoms with Crippen LogP contribution >= 0.6 is 0 Å². The summed E-state index contributed by atoms with van der Waals surface area (Å²) in [7, 11) is 0. The van der Waals surface area contributed by atoms with Crippen LogP contribution in [0.25, 0.3) is 0 Å². The molecule has 6 nitrogen and oxygen atoms in total. The summed E-state index contributed by atoms with van der Waals surface area (Å²) in [6, 6.07) is 0.760. The lowest BCUT2D eigenvalue weighted by molar-refractivity contribution is -0.138. The van der Waals surface area contributed by atoms with Crippen LogP contribution in [-0.2, 0) is 22.3 Å². The van der Waals surface area contributed by atoms with Crippen LogP contribution in [0.2, 0.25) is 0 Å². The monoisotopic (exact) mass is 394 g/mol. The van der Waals surface area contributed by atoms with Gasteiger partial charge in [-0.3, -0.25) is 19.7 Å². The van der Waals surface area contributed by atoms with Crippen LogP contribution in [-0.4, -0.2) is 40.4 Å². The standard InChI is InChI=1S/C19H17F3N2O4/c20-19(21,22)12-8-11(4-2-1-3-7-25)14-10-24(18(28)13(14)9-12)15-5-6-16(26)23-17(15)27/h8-9,15,25H,1,3,5-7,10H2,(H,23,26,27). The SMILES string of the molecule is O=C1CCC(N2Cc3c(C#CCCCO)cc(C(F)(F)F)cc3C2=O)C(=O)N1. The predicted octanol–water partition coefficient (Wildman–Crippen LogP) is 1.59. The minimum absolute atomic E-state index is 0.0530. The van der Waals surface area contributed by atoms with Gasteiger partial charge < -0.3 is 10.0 Å². The zero-order valence-electron chi connectivity index (χ0n) is 14.7. The summed E-state index contributed by atoms with van der Waals surface area (Å²) in [5, 5.41) is 10.9. The number of alkyl halides is 3. The van der Waals surface area contributed by atoms with E-state index in [9.17, 15) is 27.6 Å². The Bertz CT molecular complexity index is 899. The van der Waals surface area contributed by atoms with Crippen LogP contribution in [0.5, 0.6) is 0 Å². The molecule has 1 fully saturated rings. The van der Waals surface area contributed by atoms with Crippen molar-refractivity contribution in [1.29, 1.82) is 0 Å². The number of aliphatic hydroxyl groups excluding tert-OH is 1. The third-order valence-corrected chi connectivity index (χ3v) is 4.67. The molecule has 148 valence electrons. The van der Waals surface area contributed by atoms with Gasteiger partial charge >= 0.3 is 6.18 Å². The number of benzene rings is 1. The number of imide groups is 1.